The van der Waals surface area contributed by atoms with Crippen molar-refractivity contribution >= 4 is 6.29 Å². The Morgan fingerprint density at radius 1 is 1.14 bits per heavy atom. The van der Waals surface area contributed by atoms with E-state index in [1.165, 1.54) is 0 Å². The van der Waals surface area contributed by atoms with E-state index in [0.29, 0.717) is 13.2 Å². The van der Waals surface area contributed by atoms with Crippen LogP contribution in [0.15, 0.2) is 6.07 Å². The Kier molecular flexibility index (Phi) is 1.54. The van der Waals surface area contributed by atoms with E-state index in [4.69, 9.17) is 9.47 Å². The lowest BCUT2D eigenvalue weighted by molar-refractivity contribution is 0.112. The standard InChI is InChI=1S/C11H10O3/c12-6-8-5-7-1-3-13-10(7)11-9(8)2-4-14-11/h5-6H,1-4H2. The fourth-order valence-electron chi connectivity index (χ4n) is 2.13. The van der Waals surface area contributed by atoms with E-state index in [-0.39, 0.29) is 0 Å². The van der Waals surface area contributed by atoms with Crippen LogP contribution in [-0.2, 0) is 12.8 Å². The highest BCUT2D eigenvalue weighted by Crippen LogP contribution is 2.43. The number of benzene rings is 1. The number of hydrogen-bond donors (Lipinski definition) is 0. The molecule has 1 aromatic rings. The van der Waals surface area contributed by atoms with Gasteiger partial charge in [0.2, 0.25) is 0 Å². The molecule has 3 nitrogen and oxygen atoms in total. The molecule has 3 rings (SSSR count). The zero-order valence-electron chi connectivity index (χ0n) is 7.71. The van der Waals surface area contributed by atoms with Crippen molar-refractivity contribution in [1.82, 2.24) is 0 Å². The fraction of sp³-hybridized carbons (Fsp3) is 0.364. The summed E-state index contributed by atoms with van der Waals surface area (Å²) in [6, 6.07) is 1.93. The molecular weight excluding hydrogens is 180 g/mol. The smallest absolute Gasteiger partial charge is 0.165 e. The number of carbonyl (C=O) groups is 1. The number of fused-ring (bicyclic) bond motifs is 3. The highest BCUT2D eigenvalue weighted by Gasteiger charge is 2.27. The van der Waals surface area contributed by atoms with Crippen LogP contribution in [0.4, 0.5) is 0 Å². The number of carbonyl (C=O) groups excluding carboxylic acids is 1. The number of ether oxygens (including phenoxy) is 2. The van der Waals surface area contributed by atoms with Gasteiger partial charge in [-0.25, -0.2) is 0 Å². The van der Waals surface area contributed by atoms with Crippen molar-refractivity contribution in [3.8, 4) is 11.5 Å². The van der Waals surface area contributed by atoms with Crippen molar-refractivity contribution in [3.63, 3.8) is 0 Å². The summed E-state index contributed by atoms with van der Waals surface area (Å²) < 4.78 is 11.0. The summed E-state index contributed by atoms with van der Waals surface area (Å²) in [4.78, 5) is 10.9. The maximum absolute atomic E-state index is 10.9. The summed E-state index contributed by atoms with van der Waals surface area (Å²) in [5.74, 6) is 1.67. The van der Waals surface area contributed by atoms with E-state index in [1.807, 2.05) is 6.07 Å². The number of aldehydes is 1. The van der Waals surface area contributed by atoms with Gasteiger partial charge in [0.05, 0.1) is 13.2 Å². The van der Waals surface area contributed by atoms with Gasteiger partial charge < -0.3 is 9.47 Å². The van der Waals surface area contributed by atoms with Gasteiger partial charge in [0.15, 0.2) is 11.5 Å². The highest BCUT2D eigenvalue weighted by atomic mass is 16.5. The maximum Gasteiger partial charge on any atom is 0.165 e. The Labute approximate surface area is 81.6 Å². The van der Waals surface area contributed by atoms with Crippen molar-refractivity contribution in [2.45, 2.75) is 12.8 Å². The molecule has 0 spiro atoms. The first-order chi connectivity index (χ1) is 6.90. The monoisotopic (exact) mass is 190 g/mol. The number of hydrogen-bond acceptors (Lipinski definition) is 3. The lowest BCUT2D eigenvalue weighted by Crippen LogP contribution is -1.91. The fourth-order valence-corrected chi connectivity index (χ4v) is 2.13. The molecule has 72 valence electrons. The zero-order valence-corrected chi connectivity index (χ0v) is 7.71. The molecule has 2 aliphatic heterocycles. The van der Waals surface area contributed by atoms with E-state index < -0.39 is 0 Å². The molecule has 0 aromatic heterocycles. The molecule has 0 saturated heterocycles. The van der Waals surface area contributed by atoms with E-state index in [2.05, 4.69) is 0 Å². The molecule has 1 aromatic carbocycles. The summed E-state index contributed by atoms with van der Waals surface area (Å²) in [5, 5.41) is 0. The molecule has 2 aliphatic rings. The van der Waals surface area contributed by atoms with Crippen LogP contribution in [0.1, 0.15) is 21.5 Å². The van der Waals surface area contributed by atoms with Crippen molar-refractivity contribution in [2.24, 2.45) is 0 Å². The van der Waals surface area contributed by atoms with Gasteiger partial charge in [-0.1, -0.05) is 0 Å². The van der Waals surface area contributed by atoms with Crippen LogP contribution >= 0.6 is 0 Å². The van der Waals surface area contributed by atoms with Crippen LogP contribution in [0.2, 0.25) is 0 Å². The van der Waals surface area contributed by atoms with Gasteiger partial charge in [-0.05, 0) is 6.07 Å². The molecule has 0 unspecified atom stereocenters. The SMILES string of the molecule is O=Cc1cc2c(c3c1CCO3)OCC2. The van der Waals surface area contributed by atoms with Crippen LogP contribution in [0.3, 0.4) is 0 Å². The molecular formula is C11H10O3. The van der Waals surface area contributed by atoms with Crippen molar-refractivity contribution in [2.75, 3.05) is 13.2 Å². The summed E-state index contributed by atoms with van der Waals surface area (Å²) >= 11 is 0. The molecule has 0 fully saturated rings. The average molecular weight is 190 g/mol. The van der Waals surface area contributed by atoms with Gasteiger partial charge in [0.1, 0.15) is 6.29 Å². The second-order valence-corrected chi connectivity index (χ2v) is 3.58. The third kappa shape index (κ3) is 0.895. The Hall–Kier alpha value is -1.51. The topological polar surface area (TPSA) is 35.5 Å². The van der Waals surface area contributed by atoms with Gasteiger partial charge in [0, 0.05) is 29.5 Å². The van der Waals surface area contributed by atoms with Gasteiger partial charge >= 0.3 is 0 Å². The van der Waals surface area contributed by atoms with Crippen LogP contribution < -0.4 is 9.47 Å². The molecule has 0 bridgehead atoms. The van der Waals surface area contributed by atoms with Crippen LogP contribution in [0.5, 0.6) is 11.5 Å². The molecule has 0 N–H and O–H groups in total. The van der Waals surface area contributed by atoms with Crippen molar-refractivity contribution in [3.05, 3.63) is 22.8 Å². The van der Waals surface area contributed by atoms with Crippen LogP contribution in [0.25, 0.3) is 0 Å². The summed E-state index contributed by atoms with van der Waals surface area (Å²) in [6.45, 7) is 1.36. The van der Waals surface area contributed by atoms with E-state index >= 15 is 0 Å². The molecule has 2 heterocycles. The lowest BCUT2D eigenvalue weighted by atomic mass is 10.0. The second-order valence-electron chi connectivity index (χ2n) is 3.58. The van der Waals surface area contributed by atoms with Gasteiger partial charge in [-0.15, -0.1) is 0 Å². The Morgan fingerprint density at radius 2 is 1.93 bits per heavy atom. The third-order valence-electron chi connectivity index (χ3n) is 2.79. The largest absolute Gasteiger partial charge is 0.489 e. The predicted molar refractivity (Wildman–Crippen MR) is 50.2 cm³/mol. The second kappa shape index (κ2) is 2.74. The first-order valence-electron chi connectivity index (χ1n) is 4.79. The minimum Gasteiger partial charge on any atom is -0.489 e. The highest BCUT2D eigenvalue weighted by molar-refractivity contribution is 5.81. The molecule has 0 amide bonds. The summed E-state index contributed by atoms with van der Waals surface area (Å²) in [6.07, 6.45) is 2.61. The van der Waals surface area contributed by atoms with Crippen LogP contribution in [0, 0.1) is 0 Å². The molecule has 3 heteroatoms. The summed E-state index contributed by atoms with van der Waals surface area (Å²) in [5.41, 5.74) is 2.88. The molecule has 0 atom stereocenters. The molecule has 0 radical (unpaired) electrons. The minimum absolute atomic E-state index is 0.663. The normalized spacial score (nSPS) is 16.9. The van der Waals surface area contributed by atoms with Crippen molar-refractivity contribution < 1.29 is 14.3 Å². The molecule has 0 saturated carbocycles. The van der Waals surface area contributed by atoms with Gasteiger partial charge in [-0.3, -0.25) is 4.79 Å². The number of rotatable bonds is 1. The minimum atomic E-state index is 0.663. The van der Waals surface area contributed by atoms with Gasteiger partial charge in [-0.2, -0.15) is 0 Å². The Morgan fingerprint density at radius 3 is 2.79 bits per heavy atom. The van der Waals surface area contributed by atoms with E-state index in [0.717, 1.165) is 47.3 Å². The predicted octanol–water partition coefficient (Wildman–Crippen LogP) is 1.37. The first kappa shape index (κ1) is 7.85. The Balaban J connectivity index is 2.28. The van der Waals surface area contributed by atoms with Crippen molar-refractivity contribution in [1.29, 1.82) is 0 Å². The van der Waals surface area contributed by atoms with E-state index in [1.54, 1.807) is 0 Å². The van der Waals surface area contributed by atoms with Gasteiger partial charge in [0.25, 0.3) is 0 Å². The zero-order chi connectivity index (χ0) is 9.54. The molecule has 14 heavy (non-hydrogen) atoms. The lowest BCUT2D eigenvalue weighted by Gasteiger charge is -2.07. The van der Waals surface area contributed by atoms with Crippen LogP contribution in [-0.4, -0.2) is 19.5 Å². The summed E-state index contributed by atoms with van der Waals surface area (Å²) in [7, 11) is 0. The average Bonchev–Trinajstić information content (AvgIpc) is 2.83. The first-order valence-corrected chi connectivity index (χ1v) is 4.79. The molecule has 0 aliphatic carbocycles. The van der Waals surface area contributed by atoms with E-state index in [9.17, 15) is 4.79 Å². The third-order valence-corrected chi connectivity index (χ3v) is 2.79. The Bertz CT molecular complexity index is 409. The quantitative estimate of drug-likeness (QED) is 0.627. The maximum atomic E-state index is 10.9.